The molecular formula is C7H14N. The van der Waals surface area contributed by atoms with Crippen molar-refractivity contribution in [1.29, 1.82) is 5.41 Å². The summed E-state index contributed by atoms with van der Waals surface area (Å²) < 4.78 is 0. The van der Waals surface area contributed by atoms with Crippen LogP contribution in [0.15, 0.2) is 0 Å². The minimum absolute atomic E-state index is 0.204. The summed E-state index contributed by atoms with van der Waals surface area (Å²) in [7, 11) is 0. The van der Waals surface area contributed by atoms with Crippen LogP contribution in [0.2, 0.25) is 0 Å². The van der Waals surface area contributed by atoms with E-state index in [-0.39, 0.29) is 5.92 Å². The lowest BCUT2D eigenvalue weighted by molar-refractivity contribution is 0.883. The fraction of sp³-hybridized carbons (Fsp3) is 0.714. The van der Waals surface area contributed by atoms with Crippen LogP contribution in [0.5, 0.6) is 0 Å². The summed E-state index contributed by atoms with van der Waals surface area (Å²) in [5, 5.41) is 7.28. The molecule has 0 bridgehead atoms. The van der Waals surface area contributed by atoms with Gasteiger partial charge in [-0.15, -0.1) is 0 Å². The van der Waals surface area contributed by atoms with Gasteiger partial charge in [-0.2, -0.15) is 0 Å². The predicted octanol–water partition coefficient (Wildman–Crippen LogP) is 2.28. The molecule has 0 aromatic rings. The van der Waals surface area contributed by atoms with Crippen LogP contribution in [-0.4, -0.2) is 5.71 Å². The van der Waals surface area contributed by atoms with E-state index in [9.17, 15) is 0 Å². The Bertz CT molecular complexity index is 74.5. The Morgan fingerprint density at radius 3 is 2.38 bits per heavy atom. The Balaban J connectivity index is 3.33. The number of hydrogen-bond donors (Lipinski definition) is 1. The second-order valence-electron chi connectivity index (χ2n) is 2.18. The monoisotopic (exact) mass is 112 g/mol. The second kappa shape index (κ2) is 3.65. The van der Waals surface area contributed by atoms with E-state index >= 15 is 0 Å². The minimum atomic E-state index is 0.204. The summed E-state index contributed by atoms with van der Waals surface area (Å²) >= 11 is 0. The van der Waals surface area contributed by atoms with Crippen LogP contribution in [0.25, 0.3) is 0 Å². The molecule has 0 fully saturated rings. The molecule has 0 rings (SSSR count). The summed E-state index contributed by atoms with van der Waals surface area (Å²) in [6.07, 6.45) is 1.98. The molecule has 1 unspecified atom stereocenters. The quantitative estimate of drug-likeness (QED) is 0.541. The van der Waals surface area contributed by atoms with Gasteiger partial charge in [-0.3, -0.25) is 0 Å². The number of nitrogens with one attached hydrogen (secondary N) is 1. The average Bonchev–Trinajstić information content (AvgIpc) is 1.67. The van der Waals surface area contributed by atoms with E-state index in [2.05, 4.69) is 13.8 Å². The SMILES string of the molecule is [CH2]C(C)C(=N)CCC. The van der Waals surface area contributed by atoms with Crippen LogP contribution in [-0.2, 0) is 0 Å². The van der Waals surface area contributed by atoms with Gasteiger partial charge >= 0.3 is 0 Å². The molecule has 0 aromatic carbocycles. The van der Waals surface area contributed by atoms with Crippen molar-refractivity contribution in [3.8, 4) is 0 Å². The molecule has 0 aliphatic carbocycles. The van der Waals surface area contributed by atoms with Gasteiger partial charge in [0.25, 0.3) is 0 Å². The van der Waals surface area contributed by atoms with Crippen molar-refractivity contribution in [2.75, 3.05) is 0 Å². The summed E-state index contributed by atoms with van der Waals surface area (Å²) in [5.74, 6) is 0.204. The highest BCUT2D eigenvalue weighted by Crippen LogP contribution is 1.99. The Hall–Kier alpha value is -0.330. The van der Waals surface area contributed by atoms with Crippen LogP contribution in [0.3, 0.4) is 0 Å². The van der Waals surface area contributed by atoms with Crippen molar-refractivity contribution < 1.29 is 0 Å². The van der Waals surface area contributed by atoms with E-state index < -0.39 is 0 Å². The standard InChI is InChI=1S/C7H14N/c1-4-5-7(8)6(2)3/h6,8H,2,4-5H2,1,3H3. The second-order valence-corrected chi connectivity index (χ2v) is 2.18. The molecular weight excluding hydrogens is 98.1 g/mol. The Morgan fingerprint density at radius 2 is 2.25 bits per heavy atom. The molecule has 0 aliphatic heterocycles. The lowest BCUT2D eigenvalue weighted by atomic mass is 10.0. The molecule has 1 atom stereocenters. The highest BCUT2D eigenvalue weighted by atomic mass is 14.4. The number of rotatable bonds is 3. The molecule has 0 aromatic heterocycles. The zero-order valence-electron chi connectivity index (χ0n) is 5.70. The van der Waals surface area contributed by atoms with Crippen molar-refractivity contribution in [2.24, 2.45) is 5.92 Å². The molecule has 0 spiro atoms. The fourth-order valence-corrected chi connectivity index (χ4v) is 0.516. The van der Waals surface area contributed by atoms with E-state index in [4.69, 9.17) is 5.41 Å². The van der Waals surface area contributed by atoms with Gasteiger partial charge in [0, 0.05) is 5.71 Å². The first kappa shape index (κ1) is 7.67. The third-order valence-electron chi connectivity index (χ3n) is 1.11. The van der Waals surface area contributed by atoms with Gasteiger partial charge < -0.3 is 5.41 Å². The van der Waals surface area contributed by atoms with E-state index in [0.29, 0.717) is 0 Å². The maximum atomic E-state index is 7.28. The summed E-state index contributed by atoms with van der Waals surface area (Å²) in [5.41, 5.74) is 0.771. The smallest absolute Gasteiger partial charge is 0.0117 e. The highest BCUT2D eigenvalue weighted by Gasteiger charge is 1.98. The molecule has 1 heteroatoms. The van der Waals surface area contributed by atoms with E-state index in [1.165, 1.54) is 0 Å². The first-order valence-corrected chi connectivity index (χ1v) is 3.08. The molecule has 1 N–H and O–H groups in total. The summed E-state index contributed by atoms with van der Waals surface area (Å²) in [6, 6.07) is 0. The van der Waals surface area contributed by atoms with Crippen molar-refractivity contribution in [3.63, 3.8) is 0 Å². The molecule has 0 aliphatic rings. The van der Waals surface area contributed by atoms with Gasteiger partial charge in [0.15, 0.2) is 0 Å². The minimum Gasteiger partial charge on any atom is -0.309 e. The first-order valence-electron chi connectivity index (χ1n) is 3.08. The maximum Gasteiger partial charge on any atom is 0.0117 e. The van der Waals surface area contributed by atoms with Crippen LogP contribution < -0.4 is 0 Å². The van der Waals surface area contributed by atoms with Crippen molar-refractivity contribution in [2.45, 2.75) is 26.7 Å². The van der Waals surface area contributed by atoms with Crippen molar-refractivity contribution >= 4 is 5.71 Å². The summed E-state index contributed by atoms with van der Waals surface area (Å²) in [4.78, 5) is 0. The lowest BCUT2D eigenvalue weighted by Crippen LogP contribution is -2.04. The van der Waals surface area contributed by atoms with Crippen LogP contribution >= 0.6 is 0 Å². The van der Waals surface area contributed by atoms with Gasteiger partial charge in [0.2, 0.25) is 0 Å². The Kier molecular flexibility index (Phi) is 3.49. The third-order valence-corrected chi connectivity index (χ3v) is 1.11. The van der Waals surface area contributed by atoms with Gasteiger partial charge in [-0.05, 0) is 19.3 Å². The maximum absolute atomic E-state index is 7.28. The van der Waals surface area contributed by atoms with Gasteiger partial charge in [-0.1, -0.05) is 20.3 Å². The van der Waals surface area contributed by atoms with Gasteiger partial charge in [0.05, 0.1) is 0 Å². The van der Waals surface area contributed by atoms with Crippen molar-refractivity contribution in [1.82, 2.24) is 0 Å². The molecule has 0 heterocycles. The lowest BCUT2D eigenvalue weighted by Gasteiger charge is -2.02. The van der Waals surface area contributed by atoms with E-state index in [1.807, 2.05) is 6.92 Å². The van der Waals surface area contributed by atoms with E-state index in [0.717, 1.165) is 18.6 Å². The molecule has 47 valence electrons. The molecule has 0 amide bonds. The van der Waals surface area contributed by atoms with E-state index in [1.54, 1.807) is 0 Å². The largest absolute Gasteiger partial charge is 0.309 e. The molecule has 8 heavy (non-hydrogen) atoms. The highest BCUT2D eigenvalue weighted by molar-refractivity contribution is 5.83. The number of hydrogen-bond acceptors (Lipinski definition) is 1. The Morgan fingerprint density at radius 1 is 1.75 bits per heavy atom. The van der Waals surface area contributed by atoms with Crippen LogP contribution in [0.4, 0.5) is 0 Å². The molecule has 0 saturated heterocycles. The first-order chi connectivity index (χ1) is 3.68. The third kappa shape index (κ3) is 2.78. The van der Waals surface area contributed by atoms with Gasteiger partial charge in [-0.25, -0.2) is 0 Å². The van der Waals surface area contributed by atoms with Gasteiger partial charge in [0.1, 0.15) is 0 Å². The molecule has 0 saturated carbocycles. The topological polar surface area (TPSA) is 23.9 Å². The Labute approximate surface area is 51.6 Å². The van der Waals surface area contributed by atoms with Crippen LogP contribution in [0, 0.1) is 18.3 Å². The normalized spacial score (nSPS) is 10.0. The summed E-state index contributed by atoms with van der Waals surface area (Å²) in [6.45, 7) is 7.77. The average molecular weight is 112 g/mol. The molecule has 1 nitrogen and oxygen atoms in total. The van der Waals surface area contributed by atoms with Crippen molar-refractivity contribution in [3.05, 3.63) is 6.92 Å². The fourth-order valence-electron chi connectivity index (χ4n) is 0.516. The zero-order valence-corrected chi connectivity index (χ0v) is 5.70. The molecule has 1 radical (unpaired) electrons. The van der Waals surface area contributed by atoms with Crippen LogP contribution in [0.1, 0.15) is 26.7 Å². The zero-order chi connectivity index (χ0) is 6.57. The predicted molar refractivity (Wildman–Crippen MR) is 37.2 cm³/mol.